The lowest BCUT2D eigenvalue weighted by Gasteiger charge is -2.23. The van der Waals surface area contributed by atoms with Crippen LogP contribution in [0.4, 0.5) is 5.13 Å². The lowest BCUT2D eigenvalue weighted by atomic mass is 10.1. The summed E-state index contributed by atoms with van der Waals surface area (Å²) in [6, 6.07) is 7.18. The zero-order chi connectivity index (χ0) is 22.3. The molecule has 9 nitrogen and oxygen atoms in total. The van der Waals surface area contributed by atoms with Gasteiger partial charge in [0.15, 0.2) is 5.13 Å². The Kier molecular flexibility index (Phi) is 7.61. The Morgan fingerprint density at radius 1 is 1.25 bits per heavy atom. The Hall–Kier alpha value is -2.63. The monoisotopic (exact) mass is 459 g/mol. The normalized spacial score (nSPS) is 16.2. The van der Waals surface area contributed by atoms with Crippen LogP contribution in [-0.4, -0.2) is 63.1 Å². The number of carbonyl (C=O) groups excluding carboxylic acids is 1. The van der Waals surface area contributed by atoms with E-state index in [0.717, 1.165) is 10.3 Å². The van der Waals surface area contributed by atoms with Gasteiger partial charge in [0.1, 0.15) is 17.4 Å². The zero-order valence-corrected chi connectivity index (χ0v) is 18.8. The van der Waals surface area contributed by atoms with Gasteiger partial charge in [0.2, 0.25) is 0 Å². The highest BCUT2D eigenvalue weighted by Crippen LogP contribution is 2.39. The van der Waals surface area contributed by atoms with Gasteiger partial charge in [-0.15, -0.1) is 0 Å². The standard InChI is InChI=1S/C22H25N3O6S/c1-27-7-8-29-12-15-11-14(5-6-23-15)21(26)25-22-24-19-17(28-2)4-3-16(20(19)32-22)18-13-30-9-10-31-18/h3-6,11,18H,7-10,12-13H2,1-2H3,(H,24,25,26). The molecule has 1 N–H and O–H groups in total. The number of hydrogen-bond donors (Lipinski definition) is 1. The quantitative estimate of drug-likeness (QED) is 0.487. The molecule has 3 heterocycles. The van der Waals surface area contributed by atoms with Crippen LogP contribution in [0.25, 0.3) is 10.2 Å². The zero-order valence-electron chi connectivity index (χ0n) is 18.0. The van der Waals surface area contributed by atoms with Crippen molar-refractivity contribution in [2.45, 2.75) is 12.7 Å². The fraction of sp³-hybridized carbons (Fsp3) is 0.409. The van der Waals surface area contributed by atoms with Gasteiger partial charge in [-0.1, -0.05) is 17.4 Å². The van der Waals surface area contributed by atoms with Crippen LogP contribution in [0.15, 0.2) is 30.5 Å². The number of rotatable bonds is 9. The SMILES string of the molecule is COCCOCc1cc(C(=O)Nc2nc3c(OC)ccc(C4COCCO4)c3s2)ccn1. The van der Waals surface area contributed by atoms with E-state index in [1.165, 1.54) is 11.3 Å². The van der Waals surface area contributed by atoms with Crippen LogP contribution in [0.3, 0.4) is 0 Å². The number of methoxy groups -OCH3 is 2. The van der Waals surface area contributed by atoms with Crippen molar-refractivity contribution in [3.8, 4) is 5.75 Å². The van der Waals surface area contributed by atoms with Gasteiger partial charge in [0, 0.05) is 24.4 Å². The molecule has 0 radical (unpaired) electrons. The second kappa shape index (κ2) is 10.8. The van der Waals surface area contributed by atoms with Gasteiger partial charge < -0.3 is 23.7 Å². The predicted molar refractivity (Wildman–Crippen MR) is 119 cm³/mol. The van der Waals surface area contributed by atoms with Crippen LogP contribution in [0.1, 0.15) is 27.7 Å². The number of fused-ring (bicyclic) bond motifs is 1. The Balaban J connectivity index is 1.53. The van der Waals surface area contributed by atoms with Crippen LogP contribution in [-0.2, 0) is 25.6 Å². The van der Waals surface area contributed by atoms with Crippen molar-refractivity contribution in [2.75, 3.05) is 52.6 Å². The highest BCUT2D eigenvalue weighted by Gasteiger charge is 2.23. The minimum Gasteiger partial charge on any atom is -0.494 e. The third kappa shape index (κ3) is 5.22. The molecule has 1 atom stereocenters. The maximum atomic E-state index is 12.9. The van der Waals surface area contributed by atoms with Crippen molar-refractivity contribution in [1.82, 2.24) is 9.97 Å². The molecule has 0 bridgehead atoms. The van der Waals surface area contributed by atoms with Crippen LogP contribution in [0.5, 0.6) is 5.75 Å². The molecule has 4 rings (SSSR count). The molecule has 0 saturated carbocycles. The van der Waals surface area contributed by atoms with E-state index in [0.29, 0.717) is 67.3 Å². The van der Waals surface area contributed by atoms with Crippen LogP contribution in [0.2, 0.25) is 0 Å². The summed E-state index contributed by atoms with van der Waals surface area (Å²) in [6.45, 7) is 2.87. The first-order valence-corrected chi connectivity index (χ1v) is 11.0. The van der Waals surface area contributed by atoms with Crippen molar-refractivity contribution < 1.29 is 28.5 Å². The topological polar surface area (TPSA) is 101 Å². The molecule has 170 valence electrons. The minimum absolute atomic E-state index is 0.179. The summed E-state index contributed by atoms with van der Waals surface area (Å²) < 4.78 is 28.2. The summed E-state index contributed by atoms with van der Waals surface area (Å²) in [4.78, 5) is 21.7. The van der Waals surface area contributed by atoms with E-state index in [1.807, 2.05) is 12.1 Å². The summed E-state index contributed by atoms with van der Waals surface area (Å²) in [5.74, 6) is 0.360. The number of anilines is 1. The van der Waals surface area contributed by atoms with Crippen LogP contribution < -0.4 is 10.1 Å². The number of aromatic nitrogens is 2. The van der Waals surface area contributed by atoms with Crippen molar-refractivity contribution in [3.63, 3.8) is 0 Å². The van der Waals surface area contributed by atoms with E-state index >= 15 is 0 Å². The van der Waals surface area contributed by atoms with Gasteiger partial charge in [-0.3, -0.25) is 15.1 Å². The van der Waals surface area contributed by atoms with Gasteiger partial charge >= 0.3 is 0 Å². The van der Waals surface area contributed by atoms with Crippen molar-refractivity contribution in [1.29, 1.82) is 0 Å². The average molecular weight is 460 g/mol. The third-order valence-corrected chi connectivity index (χ3v) is 5.92. The van der Waals surface area contributed by atoms with E-state index in [9.17, 15) is 4.79 Å². The van der Waals surface area contributed by atoms with Crippen molar-refractivity contribution >= 4 is 32.6 Å². The van der Waals surface area contributed by atoms with E-state index in [2.05, 4.69) is 15.3 Å². The van der Waals surface area contributed by atoms with Crippen LogP contribution >= 0.6 is 11.3 Å². The fourth-order valence-electron chi connectivity index (χ4n) is 3.33. The molecule has 1 aromatic carbocycles. The number of amides is 1. The van der Waals surface area contributed by atoms with Crippen LogP contribution in [0, 0.1) is 0 Å². The van der Waals surface area contributed by atoms with Crippen molar-refractivity contribution in [2.24, 2.45) is 0 Å². The number of benzene rings is 1. The number of hydrogen-bond acceptors (Lipinski definition) is 9. The van der Waals surface area contributed by atoms with Gasteiger partial charge in [-0.2, -0.15) is 0 Å². The molecule has 10 heteroatoms. The minimum atomic E-state index is -0.276. The second-order valence-corrected chi connectivity index (χ2v) is 8.02. The third-order valence-electron chi connectivity index (χ3n) is 4.90. The number of thiazole rings is 1. The molecule has 1 amide bonds. The number of pyridine rings is 1. The number of carbonyl (C=O) groups is 1. The average Bonchev–Trinajstić information content (AvgIpc) is 3.25. The molecular weight excluding hydrogens is 434 g/mol. The summed E-state index contributed by atoms with van der Waals surface area (Å²) in [6.07, 6.45) is 1.41. The number of nitrogens with zero attached hydrogens (tertiary/aromatic N) is 2. The van der Waals surface area contributed by atoms with Gasteiger partial charge in [0.05, 0.1) is 57.1 Å². The molecule has 0 aliphatic carbocycles. The fourth-order valence-corrected chi connectivity index (χ4v) is 4.36. The Bertz CT molecular complexity index is 1070. The first-order chi connectivity index (χ1) is 15.7. The Morgan fingerprint density at radius 3 is 2.94 bits per heavy atom. The molecule has 1 saturated heterocycles. The summed E-state index contributed by atoms with van der Waals surface area (Å²) in [5.41, 5.74) is 2.79. The molecule has 1 aliphatic heterocycles. The first-order valence-electron chi connectivity index (χ1n) is 10.2. The molecule has 1 unspecified atom stereocenters. The number of ether oxygens (including phenoxy) is 5. The Morgan fingerprint density at radius 2 is 2.16 bits per heavy atom. The van der Waals surface area contributed by atoms with E-state index in [4.69, 9.17) is 23.7 Å². The van der Waals surface area contributed by atoms with Gasteiger partial charge in [-0.25, -0.2) is 4.98 Å². The van der Waals surface area contributed by atoms with E-state index in [1.54, 1.807) is 32.5 Å². The molecule has 1 fully saturated rings. The maximum absolute atomic E-state index is 12.9. The largest absolute Gasteiger partial charge is 0.494 e. The molecule has 2 aromatic heterocycles. The van der Waals surface area contributed by atoms with E-state index < -0.39 is 0 Å². The number of nitrogens with one attached hydrogen (secondary N) is 1. The molecular formula is C22H25N3O6S. The van der Waals surface area contributed by atoms with E-state index in [-0.39, 0.29) is 12.0 Å². The lowest BCUT2D eigenvalue weighted by Crippen LogP contribution is -2.21. The van der Waals surface area contributed by atoms with Gasteiger partial charge in [0.25, 0.3) is 5.91 Å². The summed E-state index contributed by atoms with van der Waals surface area (Å²) in [7, 11) is 3.21. The maximum Gasteiger partial charge on any atom is 0.257 e. The smallest absolute Gasteiger partial charge is 0.257 e. The molecule has 32 heavy (non-hydrogen) atoms. The highest BCUT2D eigenvalue weighted by atomic mass is 32.1. The summed E-state index contributed by atoms with van der Waals surface area (Å²) in [5, 5.41) is 3.36. The van der Waals surface area contributed by atoms with Crippen molar-refractivity contribution in [3.05, 3.63) is 47.3 Å². The summed E-state index contributed by atoms with van der Waals surface area (Å²) >= 11 is 1.38. The lowest BCUT2D eigenvalue weighted by molar-refractivity contribution is -0.0895. The molecule has 0 spiro atoms. The first kappa shape index (κ1) is 22.6. The van der Waals surface area contributed by atoms with Gasteiger partial charge in [-0.05, 0) is 18.2 Å². The second-order valence-electron chi connectivity index (χ2n) is 7.02. The molecule has 3 aromatic rings. The highest BCUT2D eigenvalue weighted by molar-refractivity contribution is 7.22. The predicted octanol–water partition coefficient (Wildman–Crippen LogP) is 3.20. The Labute approximate surface area is 189 Å². The molecule has 1 aliphatic rings.